The predicted octanol–water partition coefficient (Wildman–Crippen LogP) is 2.58. The summed E-state index contributed by atoms with van der Waals surface area (Å²) in [6.07, 6.45) is 7.47. The van der Waals surface area contributed by atoms with Crippen molar-refractivity contribution in [1.82, 2.24) is 19.4 Å². The molecule has 1 aromatic carbocycles. The average molecular weight is 350 g/mol. The van der Waals surface area contributed by atoms with Gasteiger partial charge in [-0.3, -0.25) is 4.79 Å². The number of ether oxygens (including phenoxy) is 1. The molecule has 4 rings (SSSR count). The normalized spacial score (nSPS) is 17.4. The van der Waals surface area contributed by atoms with Gasteiger partial charge in [-0.2, -0.15) is 0 Å². The largest absolute Gasteiger partial charge is 0.472 e. The van der Waals surface area contributed by atoms with Crippen molar-refractivity contribution >= 4 is 16.8 Å². The summed E-state index contributed by atoms with van der Waals surface area (Å²) in [5.74, 6) is 0.714. The summed E-state index contributed by atoms with van der Waals surface area (Å²) in [5.41, 5.74) is 2.23. The summed E-state index contributed by atoms with van der Waals surface area (Å²) in [7, 11) is 2.02. The standard InChI is InChI=1S/C20H22N4O2/c1-23-12-15(17-6-2-3-7-18(17)23)11-20(25)24-10-4-5-16(13-24)26-19-8-9-21-14-22-19/h2-3,6-9,12,14,16H,4-5,10-11,13H2,1H3. The Morgan fingerprint density at radius 2 is 2.19 bits per heavy atom. The van der Waals surface area contributed by atoms with Crippen molar-refractivity contribution in [1.29, 1.82) is 0 Å². The maximum atomic E-state index is 12.9. The van der Waals surface area contributed by atoms with Crippen molar-refractivity contribution in [3.8, 4) is 5.88 Å². The van der Waals surface area contributed by atoms with Gasteiger partial charge in [0.05, 0.1) is 13.0 Å². The van der Waals surface area contributed by atoms with Gasteiger partial charge in [0, 0.05) is 43.0 Å². The molecular formula is C20H22N4O2. The Morgan fingerprint density at radius 3 is 3.04 bits per heavy atom. The zero-order chi connectivity index (χ0) is 17.9. The molecular weight excluding hydrogens is 328 g/mol. The van der Waals surface area contributed by atoms with Crippen molar-refractivity contribution in [2.45, 2.75) is 25.4 Å². The first-order chi connectivity index (χ1) is 12.7. The summed E-state index contributed by atoms with van der Waals surface area (Å²) >= 11 is 0. The van der Waals surface area contributed by atoms with Crippen LogP contribution >= 0.6 is 0 Å². The molecule has 0 spiro atoms. The highest BCUT2D eigenvalue weighted by molar-refractivity contribution is 5.89. The number of para-hydroxylation sites is 1. The summed E-state index contributed by atoms with van der Waals surface area (Å²) in [5, 5.41) is 1.15. The molecule has 6 heteroatoms. The smallest absolute Gasteiger partial charge is 0.227 e. The van der Waals surface area contributed by atoms with Crippen LogP contribution in [0.2, 0.25) is 0 Å². The topological polar surface area (TPSA) is 60.2 Å². The molecule has 0 aliphatic carbocycles. The molecule has 134 valence electrons. The van der Waals surface area contributed by atoms with Crippen molar-refractivity contribution in [3.63, 3.8) is 0 Å². The number of likely N-dealkylation sites (tertiary alicyclic amines) is 1. The van der Waals surface area contributed by atoms with Gasteiger partial charge in [0.1, 0.15) is 12.4 Å². The van der Waals surface area contributed by atoms with Gasteiger partial charge < -0.3 is 14.2 Å². The van der Waals surface area contributed by atoms with E-state index in [-0.39, 0.29) is 12.0 Å². The SMILES string of the molecule is Cn1cc(CC(=O)N2CCCC(Oc3ccncn3)C2)c2ccccc21. The third-order valence-electron chi connectivity index (χ3n) is 4.89. The number of benzene rings is 1. The number of hydrogen-bond donors (Lipinski definition) is 0. The van der Waals surface area contributed by atoms with Crippen LogP contribution in [0.3, 0.4) is 0 Å². The second-order valence-corrected chi connectivity index (χ2v) is 6.73. The van der Waals surface area contributed by atoms with Crippen LogP contribution in [0, 0.1) is 0 Å². The lowest BCUT2D eigenvalue weighted by Crippen LogP contribution is -2.45. The fourth-order valence-electron chi connectivity index (χ4n) is 3.62. The van der Waals surface area contributed by atoms with Crippen LogP contribution in [0.25, 0.3) is 10.9 Å². The lowest BCUT2D eigenvalue weighted by Gasteiger charge is -2.32. The highest BCUT2D eigenvalue weighted by Crippen LogP contribution is 2.22. The number of amides is 1. The molecule has 1 atom stereocenters. The molecule has 1 aliphatic heterocycles. The molecule has 1 fully saturated rings. The Kier molecular flexibility index (Phi) is 4.56. The molecule has 0 N–H and O–H groups in total. The molecule has 6 nitrogen and oxygen atoms in total. The van der Waals surface area contributed by atoms with Crippen LogP contribution in [0.5, 0.6) is 5.88 Å². The van der Waals surface area contributed by atoms with Gasteiger partial charge in [-0.15, -0.1) is 0 Å². The van der Waals surface area contributed by atoms with Gasteiger partial charge >= 0.3 is 0 Å². The quantitative estimate of drug-likeness (QED) is 0.726. The molecule has 0 saturated carbocycles. The minimum Gasteiger partial charge on any atom is -0.472 e. The molecule has 2 aromatic heterocycles. The number of nitrogens with zero attached hydrogens (tertiary/aromatic N) is 4. The Labute approximate surface area is 152 Å². The molecule has 0 bridgehead atoms. The average Bonchev–Trinajstić information content (AvgIpc) is 2.99. The van der Waals surface area contributed by atoms with E-state index in [1.54, 1.807) is 12.3 Å². The molecule has 1 unspecified atom stereocenters. The van der Waals surface area contributed by atoms with E-state index in [1.807, 2.05) is 24.1 Å². The Bertz CT molecular complexity index is 907. The van der Waals surface area contributed by atoms with Crippen molar-refractivity contribution in [2.24, 2.45) is 7.05 Å². The van der Waals surface area contributed by atoms with Gasteiger partial charge in [0.15, 0.2) is 0 Å². The van der Waals surface area contributed by atoms with E-state index < -0.39 is 0 Å². The highest BCUT2D eigenvalue weighted by atomic mass is 16.5. The number of fused-ring (bicyclic) bond motifs is 1. The van der Waals surface area contributed by atoms with Gasteiger partial charge in [-0.1, -0.05) is 18.2 Å². The van der Waals surface area contributed by atoms with E-state index in [1.165, 1.54) is 6.33 Å². The minimum absolute atomic E-state index is 0.0184. The second-order valence-electron chi connectivity index (χ2n) is 6.73. The van der Waals surface area contributed by atoms with E-state index in [0.29, 0.717) is 18.8 Å². The number of carbonyl (C=O) groups is 1. The van der Waals surface area contributed by atoms with E-state index in [9.17, 15) is 4.79 Å². The lowest BCUT2D eigenvalue weighted by molar-refractivity contribution is -0.133. The number of aromatic nitrogens is 3. The summed E-state index contributed by atoms with van der Waals surface area (Å²) in [6.45, 7) is 1.39. The monoisotopic (exact) mass is 350 g/mol. The molecule has 1 amide bonds. The summed E-state index contributed by atoms with van der Waals surface area (Å²) in [4.78, 5) is 22.8. The first kappa shape index (κ1) is 16.6. The molecule has 3 heterocycles. The van der Waals surface area contributed by atoms with Crippen LogP contribution in [0.4, 0.5) is 0 Å². The molecule has 1 aliphatic rings. The number of hydrogen-bond acceptors (Lipinski definition) is 4. The maximum Gasteiger partial charge on any atom is 0.227 e. The fourth-order valence-corrected chi connectivity index (χ4v) is 3.62. The van der Waals surface area contributed by atoms with Gasteiger partial charge in [0.2, 0.25) is 11.8 Å². The van der Waals surface area contributed by atoms with Gasteiger partial charge in [-0.25, -0.2) is 9.97 Å². The Morgan fingerprint density at radius 1 is 1.31 bits per heavy atom. The number of carbonyl (C=O) groups excluding carboxylic acids is 1. The van der Waals surface area contributed by atoms with E-state index in [0.717, 1.165) is 35.9 Å². The third-order valence-corrected chi connectivity index (χ3v) is 4.89. The van der Waals surface area contributed by atoms with Crippen LogP contribution in [-0.4, -0.2) is 44.5 Å². The second kappa shape index (κ2) is 7.15. The number of piperidine rings is 1. The first-order valence-electron chi connectivity index (χ1n) is 8.94. The van der Waals surface area contributed by atoms with Gasteiger partial charge in [-0.05, 0) is 24.5 Å². The molecule has 0 radical (unpaired) electrons. The fraction of sp³-hybridized carbons (Fsp3) is 0.350. The van der Waals surface area contributed by atoms with Crippen LogP contribution in [0.1, 0.15) is 18.4 Å². The Balaban J connectivity index is 1.44. The van der Waals surface area contributed by atoms with Crippen LogP contribution < -0.4 is 4.74 Å². The minimum atomic E-state index is -0.0184. The lowest BCUT2D eigenvalue weighted by atomic mass is 10.1. The number of aryl methyl sites for hydroxylation is 1. The van der Waals surface area contributed by atoms with E-state index in [4.69, 9.17) is 4.74 Å². The Hall–Kier alpha value is -2.89. The van der Waals surface area contributed by atoms with Crippen molar-refractivity contribution in [2.75, 3.05) is 13.1 Å². The molecule has 3 aromatic rings. The maximum absolute atomic E-state index is 12.9. The van der Waals surface area contributed by atoms with Crippen molar-refractivity contribution < 1.29 is 9.53 Å². The molecule has 26 heavy (non-hydrogen) atoms. The molecule has 1 saturated heterocycles. The van der Waals surface area contributed by atoms with Gasteiger partial charge in [0.25, 0.3) is 0 Å². The summed E-state index contributed by atoms with van der Waals surface area (Å²) < 4.78 is 7.99. The predicted molar refractivity (Wildman–Crippen MR) is 98.9 cm³/mol. The third kappa shape index (κ3) is 3.40. The highest BCUT2D eigenvalue weighted by Gasteiger charge is 2.25. The summed E-state index contributed by atoms with van der Waals surface area (Å²) in [6, 6.07) is 9.94. The van der Waals surface area contributed by atoms with Crippen LogP contribution in [0.15, 0.2) is 49.1 Å². The zero-order valence-electron chi connectivity index (χ0n) is 14.8. The van der Waals surface area contributed by atoms with Crippen molar-refractivity contribution in [3.05, 3.63) is 54.6 Å². The van der Waals surface area contributed by atoms with E-state index in [2.05, 4.69) is 32.9 Å². The zero-order valence-corrected chi connectivity index (χ0v) is 14.8. The van der Waals surface area contributed by atoms with Crippen LogP contribution in [-0.2, 0) is 18.3 Å². The first-order valence-corrected chi connectivity index (χ1v) is 8.94. The van der Waals surface area contributed by atoms with E-state index >= 15 is 0 Å². The number of rotatable bonds is 4.